The Labute approximate surface area is 190 Å². The number of benzene rings is 1. The molecule has 6 heteroatoms. The predicted molar refractivity (Wildman–Crippen MR) is 128 cm³/mol. The largest absolute Gasteiger partial charge is 0.384 e. The topological polar surface area (TPSA) is 57.3 Å². The highest BCUT2D eigenvalue weighted by atomic mass is 35.5. The monoisotopic (exact) mass is 440 g/mol. The molecule has 0 radical (unpaired) electrons. The molecular weight excluding hydrogens is 408 g/mol. The summed E-state index contributed by atoms with van der Waals surface area (Å²) in [6.45, 7) is 5.32. The summed E-state index contributed by atoms with van der Waals surface area (Å²) in [6.07, 6.45) is 11.0. The van der Waals surface area contributed by atoms with E-state index < -0.39 is 0 Å². The van der Waals surface area contributed by atoms with Gasteiger partial charge >= 0.3 is 0 Å². The number of carbonyl (C=O) groups is 1. The van der Waals surface area contributed by atoms with Crippen LogP contribution >= 0.6 is 11.6 Å². The molecule has 2 N–H and O–H groups in total. The minimum Gasteiger partial charge on any atom is -0.384 e. The van der Waals surface area contributed by atoms with E-state index in [0.29, 0.717) is 22.3 Å². The normalized spacial score (nSPS) is 18.6. The highest BCUT2D eigenvalue weighted by molar-refractivity contribution is 6.30. The number of halogens is 1. The third-order valence-electron chi connectivity index (χ3n) is 6.71. The van der Waals surface area contributed by atoms with Crippen molar-refractivity contribution in [2.24, 2.45) is 5.92 Å². The predicted octanol–water partition coefficient (Wildman–Crippen LogP) is 5.75. The van der Waals surface area contributed by atoms with E-state index in [0.717, 1.165) is 23.8 Å². The summed E-state index contributed by atoms with van der Waals surface area (Å²) in [4.78, 5) is 19.8. The second-order valence-corrected chi connectivity index (χ2v) is 9.45. The van der Waals surface area contributed by atoms with Crippen molar-refractivity contribution in [2.75, 3.05) is 30.3 Å². The second kappa shape index (κ2) is 10.5. The van der Waals surface area contributed by atoms with Crippen molar-refractivity contribution in [2.45, 2.75) is 57.9 Å². The summed E-state index contributed by atoms with van der Waals surface area (Å²) >= 11 is 5.89. The Morgan fingerprint density at radius 2 is 1.87 bits per heavy atom. The molecule has 1 aliphatic carbocycles. The van der Waals surface area contributed by atoms with Gasteiger partial charge in [-0.2, -0.15) is 0 Å². The summed E-state index contributed by atoms with van der Waals surface area (Å²) in [6, 6.07) is 10.2. The summed E-state index contributed by atoms with van der Waals surface area (Å²) in [5, 5.41) is 6.98. The Bertz CT molecular complexity index is 872. The van der Waals surface area contributed by atoms with Crippen LogP contribution in [0.25, 0.3) is 0 Å². The maximum Gasteiger partial charge on any atom is 0.258 e. The Hall–Kier alpha value is -2.11. The van der Waals surface area contributed by atoms with Gasteiger partial charge in [-0.15, -0.1) is 0 Å². The smallest absolute Gasteiger partial charge is 0.258 e. The van der Waals surface area contributed by atoms with Gasteiger partial charge in [-0.1, -0.05) is 42.5 Å². The average Bonchev–Trinajstić information content (AvgIpc) is 2.80. The zero-order valence-corrected chi connectivity index (χ0v) is 19.1. The first-order valence-corrected chi connectivity index (χ1v) is 12.0. The van der Waals surface area contributed by atoms with Crippen molar-refractivity contribution in [3.63, 3.8) is 0 Å². The van der Waals surface area contributed by atoms with E-state index >= 15 is 0 Å². The number of aromatic nitrogens is 1. The number of nitrogens with zero attached hydrogens (tertiary/aromatic N) is 2. The Morgan fingerprint density at radius 3 is 2.58 bits per heavy atom. The number of carbonyl (C=O) groups excluding carboxylic acids is 1. The van der Waals surface area contributed by atoms with E-state index in [9.17, 15) is 4.79 Å². The van der Waals surface area contributed by atoms with E-state index in [1.807, 2.05) is 25.1 Å². The van der Waals surface area contributed by atoms with Crippen LogP contribution in [0.15, 0.2) is 36.5 Å². The Balaban J connectivity index is 1.33. The summed E-state index contributed by atoms with van der Waals surface area (Å²) in [7, 11) is 0. The minimum absolute atomic E-state index is 0.159. The highest BCUT2D eigenvalue weighted by Gasteiger charge is 2.26. The van der Waals surface area contributed by atoms with Crippen LogP contribution in [0.2, 0.25) is 5.02 Å². The lowest BCUT2D eigenvalue weighted by Gasteiger charge is -2.39. The molecule has 166 valence electrons. The first-order valence-electron chi connectivity index (χ1n) is 11.6. The van der Waals surface area contributed by atoms with Crippen LogP contribution in [0.3, 0.4) is 0 Å². The van der Waals surface area contributed by atoms with Crippen molar-refractivity contribution in [1.29, 1.82) is 0 Å². The van der Waals surface area contributed by atoms with E-state index in [4.69, 9.17) is 11.6 Å². The summed E-state index contributed by atoms with van der Waals surface area (Å²) < 4.78 is 0. The SMILES string of the molecule is Cc1ccc(NCC2CCN(C3CCCCC3)CC2)c(C(=O)Nc2ccc(Cl)cn2)c1. The lowest BCUT2D eigenvalue weighted by Crippen LogP contribution is -2.43. The maximum absolute atomic E-state index is 12.9. The number of piperidine rings is 1. The molecule has 1 aliphatic heterocycles. The molecule has 2 heterocycles. The Kier molecular flexibility index (Phi) is 7.46. The van der Waals surface area contributed by atoms with Crippen molar-refractivity contribution in [3.05, 3.63) is 52.7 Å². The van der Waals surface area contributed by atoms with E-state index in [2.05, 4.69) is 20.5 Å². The molecule has 4 rings (SSSR count). The van der Waals surface area contributed by atoms with Crippen LogP contribution < -0.4 is 10.6 Å². The molecule has 1 aromatic carbocycles. The summed E-state index contributed by atoms with van der Waals surface area (Å²) in [5.41, 5.74) is 2.59. The standard InChI is InChI=1S/C25H33ClN4O/c1-18-7-9-23(22(15-18)25(31)29-24-10-8-20(26)17-28-24)27-16-19-11-13-30(14-12-19)21-5-3-2-4-6-21/h7-10,15,17,19,21,27H,2-6,11-14,16H2,1H3,(H,28,29,31). The van der Waals surface area contributed by atoms with Gasteiger partial charge in [0.05, 0.1) is 10.6 Å². The van der Waals surface area contributed by atoms with Crippen molar-refractivity contribution in [3.8, 4) is 0 Å². The lowest BCUT2D eigenvalue weighted by molar-refractivity contribution is 0.102. The molecule has 2 aliphatic rings. The molecule has 0 bridgehead atoms. The van der Waals surface area contributed by atoms with Crippen LogP contribution in [0.1, 0.15) is 60.9 Å². The van der Waals surface area contributed by atoms with Gasteiger partial charge < -0.3 is 15.5 Å². The van der Waals surface area contributed by atoms with Gasteiger partial charge in [-0.25, -0.2) is 4.98 Å². The molecule has 1 saturated heterocycles. The average molecular weight is 441 g/mol. The van der Waals surface area contributed by atoms with Gasteiger partial charge in [0.1, 0.15) is 5.82 Å². The van der Waals surface area contributed by atoms with Crippen LogP contribution in [0.5, 0.6) is 0 Å². The number of rotatable bonds is 6. The zero-order chi connectivity index (χ0) is 21.6. The van der Waals surface area contributed by atoms with Gasteiger partial charge in [-0.05, 0) is 75.9 Å². The first-order chi connectivity index (χ1) is 15.1. The third-order valence-corrected chi connectivity index (χ3v) is 6.93. The molecular formula is C25H33ClN4O. The van der Waals surface area contributed by atoms with Gasteiger partial charge in [0.2, 0.25) is 0 Å². The fourth-order valence-electron chi connectivity index (χ4n) is 4.86. The molecule has 1 aromatic heterocycles. The lowest BCUT2D eigenvalue weighted by atomic mass is 9.90. The number of aryl methyl sites for hydroxylation is 1. The number of pyridine rings is 1. The quantitative estimate of drug-likeness (QED) is 0.600. The van der Waals surface area contributed by atoms with Gasteiger partial charge in [0, 0.05) is 24.5 Å². The number of nitrogens with one attached hydrogen (secondary N) is 2. The van der Waals surface area contributed by atoms with Crippen LogP contribution in [-0.2, 0) is 0 Å². The zero-order valence-electron chi connectivity index (χ0n) is 18.4. The van der Waals surface area contributed by atoms with E-state index in [-0.39, 0.29) is 5.91 Å². The van der Waals surface area contributed by atoms with Crippen LogP contribution in [0.4, 0.5) is 11.5 Å². The highest BCUT2D eigenvalue weighted by Crippen LogP contribution is 2.28. The number of amides is 1. The summed E-state index contributed by atoms with van der Waals surface area (Å²) in [5.74, 6) is 0.986. The first kappa shape index (κ1) is 22.1. The van der Waals surface area contributed by atoms with Crippen LogP contribution in [-0.4, -0.2) is 41.5 Å². The number of hydrogen-bond donors (Lipinski definition) is 2. The fraction of sp³-hybridized carbons (Fsp3) is 0.520. The maximum atomic E-state index is 12.9. The minimum atomic E-state index is -0.159. The van der Waals surface area contributed by atoms with E-state index in [1.54, 1.807) is 12.1 Å². The van der Waals surface area contributed by atoms with Gasteiger partial charge in [-0.3, -0.25) is 4.79 Å². The molecule has 1 saturated carbocycles. The van der Waals surface area contributed by atoms with Crippen molar-refractivity contribution in [1.82, 2.24) is 9.88 Å². The van der Waals surface area contributed by atoms with Crippen molar-refractivity contribution < 1.29 is 4.79 Å². The van der Waals surface area contributed by atoms with Gasteiger partial charge in [0.15, 0.2) is 0 Å². The fourth-order valence-corrected chi connectivity index (χ4v) is 4.97. The molecule has 0 unspecified atom stereocenters. The van der Waals surface area contributed by atoms with Crippen LogP contribution in [0, 0.1) is 12.8 Å². The van der Waals surface area contributed by atoms with Gasteiger partial charge in [0.25, 0.3) is 5.91 Å². The third kappa shape index (κ3) is 5.98. The molecule has 0 spiro atoms. The number of anilines is 2. The molecule has 31 heavy (non-hydrogen) atoms. The molecule has 2 fully saturated rings. The van der Waals surface area contributed by atoms with E-state index in [1.165, 1.54) is 64.2 Å². The molecule has 2 aromatic rings. The second-order valence-electron chi connectivity index (χ2n) is 9.02. The number of likely N-dealkylation sites (tertiary alicyclic amines) is 1. The number of hydrogen-bond acceptors (Lipinski definition) is 4. The Morgan fingerprint density at radius 1 is 1.10 bits per heavy atom. The van der Waals surface area contributed by atoms with Crippen molar-refractivity contribution >= 4 is 29.0 Å². The molecule has 1 amide bonds. The molecule has 0 atom stereocenters. The molecule has 5 nitrogen and oxygen atoms in total.